The number of nitrogens with one attached hydrogen (secondary N) is 2. The highest BCUT2D eigenvalue weighted by molar-refractivity contribution is 6.42. The lowest BCUT2D eigenvalue weighted by Crippen LogP contribution is -2.33. The van der Waals surface area contributed by atoms with Crippen LogP contribution in [0.4, 0.5) is 5.69 Å². The molecule has 0 fully saturated rings. The molecule has 0 atom stereocenters. The van der Waals surface area contributed by atoms with Crippen LogP contribution in [-0.2, 0) is 25.5 Å². The zero-order valence-corrected chi connectivity index (χ0v) is 15.1. The summed E-state index contributed by atoms with van der Waals surface area (Å²) < 4.78 is 4.81. The van der Waals surface area contributed by atoms with Gasteiger partial charge in [-0.15, -0.1) is 0 Å². The number of hydrogen-bond donors (Lipinski definition) is 2. The second kappa shape index (κ2) is 9.79. The smallest absolute Gasteiger partial charge is 0.325 e. The molecule has 2 N–H and O–H groups in total. The first kappa shape index (κ1) is 19.8. The molecule has 0 aliphatic rings. The summed E-state index contributed by atoms with van der Waals surface area (Å²) in [6.45, 7) is -0.792. The third-order valence-electron chi connectivity index (χ3n) is 3.21. The molecule has 0 radical (unpaired) electrons. The molecule has 0 heterocycles. The van der Waals surface area contributed by atoms with Gasteiger partial charge >= 0.3 is 5.97 Å². The first-order valence-corrected chi connectivity index (χ1v) is 8.41. The molecule has 0 bridgehead atoms. The number of hydrogen-bond acceptors (Lipinski definition) is 4. The second-order valence-electron chi connectivity index (χ2n) is 5.28. The van der Waals surface area contributed by atoms with Crippen LogP contribution < -0.4 is 10.6 Å². The lowest BCUT2D eigenvalue weighted by molar-refractivity contribution is -0.147. The normalized spacial score (nSPS) is 10.1. The molecule has 0 aromatic heterocycles. The Morgan fingerprint density at radius 2 is 1.65 bits per heavy atom. The first-order chi connectivity index (χ1) is 12.4. The van der Waals surface area contributed by atoms with Gasteiger partial charge in [0.1, 0.15) is 6.54 Å². The van der Waals surface area contributed by atoms with Crippen molar-refractivity contribution in [1.82, 2.24) is 5.32 Å². The van der Waals surface area contributed by atoms with Gasteiger partial charge in [-0.3, -0.25) is 14.4 Å². The van der Waals surface area contributed by atoms with Crippen LogP contribution in [0.25, 0.3) is 0 Å². The molecular formula is C18H16Cl2N2O4. The van der Waals surface area contributed by atoms with Gasteiger partial charge in [-0.1, -0.05) is 53.5 Å². The Hall–Kier alpha value is -2.57. The van der Waals surface area contributed by atoms with Crippen molar-refractivity contribution in [3.05, 3.63) is 64.1 Å². The van der Waals surface area contributed by atoms with Gasteiger partial charge < -0.3 is 15.4 Å². The summed E-state index contributed by atoms with van der Waals surface area (Å²) in [7, 11) is 0. The highest BCUT2D eigenvalue weighted by Crippen LogP contribution is 2.24. The van der Waals surface area contributed by atoms with Crippen molar-refractivity contribution >= 4 is 46.7 Å². The molecule has 0 unspecified atom stereocenters. The van der Waals surface area contributed by atoms with Crippen LogP contribution in [-0.4, -0.2) is 30.9 Å². The van der Waals surface area contributed by atoms with E-state index in [0.29, 0.717) is 15.7 Å². The summed E-state index contributed by atoms with van der Waals surface area (Å²) in [5, 5.41) is 5.61. The van der Waals surface area contributed by atoms with E-state index in [2.05, 4.69) is 10.6 Å². The second-order valence-corrected chi connectivity index (χ2v) is 6.09. The summed E-state index contributed by atoms with van der Waals surface area (Å²) in [6.07, 6.45) is 0.159. The number of benzene rings is 2. The van der Waals surface area contributed by atoms with E-state index in [0.717, 1.165) is 5.56 Å². The molecule has 0 saturated carbocycles. The molecule has 6 nitrogen and oxygen atoms in total. The van der Waals surface area contributed by atoms with Crippen molar-refractivity contribution in [3.8, 4) is 0 Å². The maximum Gasteiger partial charge on any atom is 0.325 e. The van der Waals surface area contributed by atoms with Gasteiger partial charge in [-0.2, -0.15) is 0 Å². The molecule has 2 aromatic carbocycles. The minimum atomic E-state index is -0.712. The van der Waals surface area contributed by atoms with Crippen molar-refractivity contribution in [1.29, 1.82) is 0 Å². The minimum absolute atomic E-state index is 0.159. The maximum atomic E-state index is 11.7. The average molecular weight is 395 g/mol. The maximum absolute atomic E-state index is 11.7. The number of rotatable bonds is 7. The van der Waals surface area contributed by atoms with Crippen LogP contribution in [0.2, 0.25) is 10.0 Å². The number of carbonyl (C=O) groups is 3. The molecule has 8 heteroatoms. The van der Waals surface area contributed by atoms with Gasteiger partial charge in [-0.05, 0) is 23.8 Å². The van der Waals surface area contributed by atoms with E-state index >= 15 is 0 Å². The first-order valence-electron chi connectivity index (χ1n) is 7.65. The van der Waals surface area contributed by atoms with E-state index in [1.165, 1.54) is 12.1 Å². The van der Waals surface area contributed by atoms with E-state index in [1.807, 2.05) is 30.3 Å². The molecule has 2 aromatic rings. The monoisotopic (exact) mass is 394 g/mol. The molecule has 2 rings (SSSR count). The van der Waals surface area contributed by atoms with E-state index in [1.54, 1.807) is 6.07 Å². The highest BCUT2D eigenvalue weighted by atomic mass is 35.5. The number of halogens is 2. The quantitative estimate of drug-likeness (QED) is 0.707. The van der Waals surface area contributed by atoms with E-state index in [9.17, 15) is 14.4 Å². The Balaban J connectivity index is 1.68. The van der Waals surface area contributed by atoms with Gasteiger partial charge in [0.15, 0.2) is 6.61 Å². The van der Waals surface area contributed by atoms with Gasteiger partial charge in [0.25, 0.3) is 5.91 Å². The largest absolute Gasteiger partial charge is 0.454 e. The lowest BCUT2D eigenvalue weighted by atomic mass is 10.1. The Kier molecular flexibility index (Phi) is 7.44. The topological polar surface area (TPSA) is 84.5 Å². The van der Waals surface area contributed by atoms with Crippen molar-refractivity contribution in [3.63, 3.8) is 0 Å². The van der Waals surface area contributed by atoms with Crippen LogP contribution in [0.3, 0.4) is 0 Å². The minimum Gasteiger partial charge on any atom is -0.454 e. The van der Waals surface area contributed by atoms with Gasteiger partial charge in [-0.25, -0.2) is 0 Å². The predicted molar refractivity (Wildman–Crippen MR) is 99.2 cm³/mol. The standard InChI is InChI=1S/C18H16Cl2N2O4/c19-14-7-6-13(9-15(14)20)22-17(24)11-26-18(25)10-21-16(23)8-12-4-2-1-3-5-12/h1-7,9H,8,10-11H2,(H,21,23)(H,22,24). The van der Waals surface area contributed by atoms with Gasteiger partial charge in [0.2, 0.25) is 5.91 Å². The van der Waals surface area contributed by atoms with Crippen LogP contribution in [0.15, 0.2) is 48.5 Å². The Bertz CT molecular complexity index is 797. The molecular weight excluding hydrogens is 379 g/mol. The number of carbonyl (C=O) groups excluding carboxylic acids is 3. The molecule has 26 heavy (non-hydrogen) atoms. The Morgan fingerprint density at radius 3 is 2.35 bits per heavy atom. The third-order valence-corrected chi connectivity index (χ3v) is 3.94. The zero-order valence-electron chi connectivity index (χ0n) is 13.6. The van der Waals surface area contributed by atoms with Crippen LogP contribution in [0, 0.1) is 0 Å². The fraction of sp³-hybridized carbons (Fsp3) is 0.167. The number of ether oxygens (including phenoxy) is 1. The number of amides is 2. The highest BCUT2D eigenvalue weighted by Gasteiger charge is 2.10. The summed E-state index contributed by atoms with van der Waals surface area (Å²) in [4.78, 5) is 35.1. The molecule has 2 amide bonds. The lowest BCUT2D eigenvalue weighted by Gasteiger charge is -2.08. The van der Waals surface area contributed by atoms with Crippen LogP contribution >= 0.6 is 23.2 Å². The fourth-order valence-corrected chi connectivity index (χ4v) is 2.28. The van der Waals surface area contributed by atoms with E-state index in [4.69, 9.17) is 27.9 Å². The van der Waals surface area contributed by atoms with Crippen molar-refractivity contribution < 1.29 is 19.1 Å². The zero-order chi connectivity index (χ0) is 18.9. The van der Waals surface area contributed by atoms with Crippen molar-refractivity contribution in [2.24, 2.45) is 0 Å². The Labute approximate surface area is 160 Å². The summed E-state index contributed by atoms with van der Waals surface area (Å²) in [5.74, 6) is -1.56. The number of anilines is 1. The molecule has 0 saturated heterocycles. The molecule has 136 valence electrons. The third kappa shape index (κ3) is 6.74. The summed E-state index contributed by atoms with van der Waals surface area (Å²) in [6, 6.07) is 13.7. The molecule has 0 aliphatic carbocycles. The van der Waals surface area contributed by atoms with Crippen LogP contribution in [0.5, 0.6) is 0 Å². The summed E-state index contributed by atoms with van der Waals surface area (Å²) >= 11 is 11.6. The van der Waals surface area contributed by atoms with E-state index < -0.39 is 18.5 Å². The number of esters is 1. The average Bonchev–Trinajstić information content (AvgIpc) is 2.62. The SMILES string of the molecule is O=C(Cc1ccccc1)NCC(=O)OCC(=O)Nc1ccc(Cl)c(Cl)c1. The van der Waals surface area contributed by atoms with Gasteiger partial charge in [0.05, 0.1) is 16.5 Å². The summed E-state index contributed by atoms with van der Waals surface area (Å²) in [5.41, 5.74) is 1.26. The van der Waals surface area contributed by atoms with Gasteiger partial charge in [0, 0.05) is 5.69 Å². The molecule has 0 aliphatic heterocycles. The Morgan fingerprint density at radius 1 is 0.923 bits per heavy atom. The van der Waals surface area contributed by atoms with E-state index in [-0.39, 0.29) is 18.9 Å². The molecule has 0 spiro atoms. The van der Waals surface area contributed by atoms with Crippen molar-refractivity contribution in [2.75, 3.05) is 18.5 Å². The van der Waals surface area contributed by atoms with Crippen molar-refractivity contribution in [2.45, 2.75) is 6.42 Å². The predicted octanol–water partition coefficient (Wildman–Crippen LogP) is 2.83. The van der Waals surface area contributed by atoms with Crippen LogP contribution in [0.1, 0.15) is 5.56 Å². The fourth-order valence-electron chi connectivity index (χ4n) is 1.98.